The van der Waals surface area contributed by atoms with Crippen LogP contribution in [0.4, 0.5) is 4.79 Å². The van der Waals surface area contributed by atoms with E-state index in [4.69, 9.17) is 16.3 Å². The predicted molar refractivity (Wildman–Crippen MR) is 115 cm³/mol. The lowest BCUT2D eigenvalue weighted by Gasteiger charge is -2.12. The van der Waals surface area contributed by atoms with Gasteiger partial charge in [-0.1, -0.05) is 30.7 Å². The normalized spacial score (nSPS) is 16.4. The molecule has 3 rings (SSSR count). The fraction of sp³-hybridized carbons (Fsp3) is 0.227. The Morgan fingerprint density at radius 3 is 2.41 bits per heavy atom. The first-order valence-electron chi connectivity index (χ1n) is 9.18. The van der Waals surface area contributed by atoms with Crippen molar-refractivity contribution in [2.24, 2.45) is 0 Å². The number of carbonyl (C=O) groups is 3. The van der Waals surface area contributed by atoms with Crippen LogP contribution in [0.3, 0.4) is 0 Å². The number of hydrogen-bond donors (Lipinski definition) is 0. The molecule has 1 atom stereocenters. The molecule has 7 heteroatoms. The van der Waals surface area contributed by atoms with Crippen LogP contribution < -0.4 is 4.74 Å². The van der Waals surface area contributed by atoms with Crippen molar-refractivity contribution in [1.82, 2.24) is 4.90 Å². The fourth-order valence-electron chi connectivity index (χ4n) is 2.62. The van der Waals surface area contributed by atoms with Crippen molar-refractivity contribution >= 4 is 46.4 Å². The predicted octanol–water partition coefficient (Wildman–Crippen LogP) is 5.44. The number of ketones is 1. The summed E-state index contributed by atoms with van der Waals surface area (Å²) in [5.41, 5.74) is 1.17. The molecule has 2 aromatic rings. The van der Waals surface area contributed by atoms with Crippen molar-refractivity contribution in [2.75, 3.05) is 6.54 Å². The molecule has 150 valence electrons. The zero-order chi connectivity index (χ0) is 21.0. The molecule has 1 aliphatic rings. The lowest BCUT2D eigenvalue weighted by Crippen LogP contribution is -2.33. The number of thioether (sulfide) groups is 1. The van der Waals surface area contributed by atoms with E-state index in [2.05, 4.69) is 0 Å². The Hall–Kier alpha value is -2.57. The van der Waals surface area contributed by atoms with Crippen molar-refractivity contribution in [3.63, 3.8) is 0 Å². The second-order valence-corrected chi connectivity index (χ2v) is 8.03. The number of Topliss-reactive ketones (excluding diaryl/α,β-unsaturated/α-hetero) is 1. The molecular formula is C22H20ClNO4S. The Labute approximate surface area is 178 Å². The van der Waals surface area contributed by atoms with E-state index < -0.39 is 11.1 Å². The Morgan fingerprint density at radius 1 is 1.14 bits per heavy atom. The van der Waals surface area contributed by atoms with Crippen LogP contribution in [-0.4, -0.2) is 34.5 Å². The van der Waals surface area contributed by atoms with E-state index in [-0.39, 0.29) is 23.3 Å². The van der Waals surface area contributed by atoms with E-state index in [1.54, 1.807) is 30.3 Å². The summed E-state index contributed by atoms with van der Waals surface area (Å²) in [4.78, 5) is 38.5. The van der Waals surface area contributed by atoms with Gasteiger partial charge >= 0.3 is 0 Å². The third-order valence-corrected chi connectivity index (χ3v) is 5.59. The van der Waals surface area contributed by atoms with Gasteiger partial charge in [0.25, 0.3) is 11.1 Å². The highest BCUT2D eigenvalue weighted by atomic mass is 35.5. The number of ether oxygens (including phenoxy) is 1. The Bertz CT molecular complexity index is 954. The minimum absolute atomic E-state index is 0.121. The van der Waals surface area contributed by atoms with Crippen molar-refractivity contribution in [1.29, 1.82) is 0 Å². The quantitative estimate of drug-likeness (QED) is 0.433. The molecule has 0 unspecified atom stereocenters. The number of imide groups is 1. The minimum atomic E-state index is -0.470. The molecule has 0 bridgehead atoms. The standard InChI is InChI=1S/C22H20ClNO4S/c1-3-14(2)28-18-10-4-15(5-11-18)12-20-21(26)24(22(27)29-20)13-19(25)16-6-8-17(23)9-7-16/h4-12,14H,3,13H2,1-2H3/b20-12-/t14-/m1/s1. The van der Waals surface area contributed by atoms with Gasteiger partial charge in [-0.25, -0.2) is 0 Å². The van der Waals surface area contributed by atoms with Crippen molar-refractivity contribution < 1.29 is 19.1 Å². The Kier molecular flexibility index (Phi) is 6.77. The molecule has 1 aliphatic heterocycles. The summed E-state index contributed by atoms with van der Waals surface area (Å²) in [5.74, 6) is -0.0443. The number of hydrogen-bond acceptors (Lipinski definition) is 5. The van der Waals surface area contributed by atoms with Crippen molar-refractivity contribution in [3.05, 3.63) is 69.6 Å². The molecule has 0 N–H and O–H groups in total. The van der Waals surface area contributed by atoms with Gasteiger partial charge in [0, 0.05) is 10.6 Å². The maximum absolute atomic E-state index is 12.6. The van der Waals surface area contributed by atoms with Gasteiger partial charge in [-0.05, 0) is 73.1 Å². The summed E-state index contributed by atoms with van der Waals surface area (Å²) in [6.45, 7) is 3.74. The highest BCUT2D eigenvalue weighted by Gasteiger charge is 2.36. The summed E-state index contributed by atoms with van der Waals surface area (Å²) in [7, 11) is 0. The average Bonchev–Trinajstić information content (AvgIpc) is 2.97. The summed E-state index contributed by atoms with van der Waals surface area (Å²) in [6, 6.07) is 13.6. The second-order valence-electron chi connectivity index (χ2n) is 6.60. The van der Waals surface area contributed by atoms with Crippen molar-refractivity contribution in [2.45, 2.75) is 26.4 Å². The molecule has 5 nitrogen and oxygen atoms in total. The van der Waals surface area contributed by atoms with E-state index in [0.717, 1.165) is 34.4 Å². The lowest BCUT2D eigenvalue weighted by atomic mass is 10.1. The first kappa shape index (κ1) is 21.1. The Morgan fingerprint density at radius 2 is 1.79 bits per heavy atom. The largest absolute Gasteiger partial charge is 0.491 e. The SMILES string of the molecule is CC[C@@H](C)Oc1ccc(/C=C2\SC(=O)N(CC(=O)c3ccc(Cl)cc3)C2=O)cc1. The van der Waals surface area contributed by atoms with Gasteiger partial charge in [0.15, 0.2) is 5.78 Å². The monoisotopic (exact) mass is 429 g/mol. The van der Waals surface area contributed by atoms with E-state index in [9.17, 15) is 14.4 Å². The summed E-state index contributed by atoms with van der Waals surface area (Å²) in [5, 5.41) is 0.0523. The number of benzene rings is 2. The lowest BCUT2D eigenvalue weighted by molar-refractivity contribution is -0.122. The number of halogens is 1. The van der Waals surface area contributed by atoms with Crippen LogP contribution >= 0.6 is 23.4 Å². The van der Waals surface area contributed by atoms with E-state index in [0.29, 0.717) is 10.6 Å². The molecule has 1 heterocycles. The van der Waals surface area contributed by atoms with Crippen LogP contribution in [0, 0.1) is 0 Å². The van der Waals surface area contributed by atoms with Crippen LogP contribution in [0.15, 0.2) is 53.4 Å². The number of carbonyl (C=O) groups excluding carboxylic acids is 3. The first-order valence-corrected chi connectivity index (χ1v) is 10.4. The second kappa shape index (κ2) is 9.29. The van der Waals surface area contributed by atoms with Gasteiger partial charge in [-0.2, -0.15) is 0 Å². The molecule has 1 fully saturated rings. The molecule has 2 aromatic carbocycles. The van der Waals surface area contributed by atoms with Crippen molar-refractivity contribution in [3.8, 4) is 5.75 Å². The zero-order valence-corrected chi connectivity index (χ0v) is 17.6. The summed E-state index contributed by atoms with van der Waals surface area (Å²) < 4.78 is 5.74. The highest BCUT2D eigenvalue weighted by molar-refractivity contribution is 8.18. The molecule has 0 radical (unpaired) electrons. The maximum Gasteiger partial charge on any atom is 0.293 e. The van der Waals surface area contributed by atoms with Crippen LogP contribution in [0.1, 0.15) is 36.2 Å². The smallest absolute Gasteiger partial charge is 0.293 e. The van der Waals surface area contributed by atoms with Gasteiger partial charge in [-0.15, -0.1) is 0 Å². The maximum atomic E-state index is 12.6. The topological polar surface area (TPSA) is 63.7 Å². The van der Waals surface area contributed by atoms with Crippen LogP contribution in [0.25, 0.3) is 6.08 Å². The highest BCUT2D eigenvalue weighted by Crippen LogP contribution is 2.32. The van der Waals surface area contributed by atoms with Gasteiger partial charge < -0.3 is 4.74 Å². The molecule has 0 spiro atoms. The average molecular weight is 430 g/mol. The minimum Gasteiger partial charge on any atom is -0.491 e. The molecule has 2 amide bonds. The molecule has 0 aliphatic carbocycles. The fourth-order valence-corrected chi connectivity index (χ4v) is 3.58. The van der Waals surface area contributed by atoms with E-state index in [1.165, 1.54) is 0 Å². The summed E-state index contributed by atoms with van der Waals surface area (Å²) in [6.07, 6.45) is 2.67. The molecular weight excluding hydrogens is 410 g/mol. The number of amides is 2. The third-order valence-electron chi connectivity index (χ3n) is 4.43. The number of nitrogens with zero attached hydrogens (tertiary/aromatic N) is 1. The van der Waals surface area contributed by atoms with Gasteiger partial charge in [0.05, 0.1) is 17.6 Å². The molecule has 0 saturated carbocycles. The van der Waals surface area contributed by atoms with E-state index in [1.807, 2.05) is 38.1 Å². The molecule has 1 saturated heterocycles. The Balaban J connectivity index is 1.69. The first-order chi connectivity index (χ1) is 13.9. The van der Waals surface area contributed by atoms with Gasteiger partial charge in [0.1, 0.15) is 5.75 Å². The third kappa shape index (κ3) is 5.28. The van der Waals surface area contributed by atoms with Gasteiger partial charge in [-0.3, -0.25) is 19.3 Å². The zero-order valence-electron chi connectivity index (χ0n) is 16.1. The van der Waals surface area contributed by atoms with Crippen LogP contribution in [0.5, 0.6) is 5.75 Å². The van der Waals surface area contributed by atoms with Crippen LogP contribution in [0.2, 0.25) is 5.02 Å². The van der Waals surface area contributed by atoms with Crippen LogP contribution in [-0.2, 0) is 4.79 Å². The molecule has 29 heavy (non-hydrogen) atoms. The molecule has 0 aromatic heterocycles. The summed E-state index contributed by atoms with van der Waals surface area (Å²) >= 11 is 6.65. The van der Waals surface area contributed by atoms with Gasteiger partial charge in [0.2, 0.25) is 0 Å². The van der Waals surface area contributed by atoms with E-state index >= 15 is 0 Å². The number of rotatable bonds is 7.